The SMILES string of the molecule is COC(=O)c1ccc(C(=O)N(CCN(C)C)c2nc3ccccc3s2)cc1.Cl. The number of carbonyl (C=O) groups excluding carboxylic acids is 2. The molecule has 0 radical (unpaired) electrons. The van der Waals surface area contributed by atoms with Gasteiger partial charge in [0.2, 0.25) is 0 Å². The van der Waals surface area contributed by atoms with Crippen molar-refractivity contribution in [2.75, 3.05) is 39.2 Å². The van der Waals surface area contributed by atoms with Crippen molar-refractivity contribution in [2.45, 2.75) is 0 Å². The standard InChI is InChI=1S/C20H21N3O3S.ClH/c1-22(2)12-13-23(20-21-16-6-4-5-7-17(16)27-20)18(24)14-8-10-15(11-9-14)19(25)26-3;/h4-11H,12-13H2,1-3H3;1H. The molecular weight excluding hydrogens is 398 g/mol. The van der Waals surface area contributed by atoms with Crippen LogP contribution in [0.1, 0.15) is 20.7 Å². The monoisotopic (exact) mass is 419 g/mol. The van der Waals surface area contributed by atoms with Crippen LogP contribution in [0.25, 0.3) is 10.2 Å². The van der Waals surface area contributed by atoms with Crippen LogP contribution in [0.4, 0.5) is 5.13 Å². The van der Waals surface area contributed by atoms with Crippen LogP contribution in [0.5, 0.6) is 0 Å². The molecule has 1 aromatic heterocycles. The van der Waals surface area contributed by atoms with Crippen molar-refractivity contribution in [1.29, 1.82) is 0 Å². The van der Waals surface area contributed by atoms with E-state index in [0.29, 0.717) is 29.3 Å². The van der Waals surface area contributed by atoms with Crippen molar-refractivity contribution in [1.82, 2.24) is 9.88 Å². The first-order valence-electron chi connectivity index (χ1n) is 8.50. The van der Waals surface area contributed by atoms with E-state index in [1.54, 1.807) is 29.2 Å². The molecule has 1 amide bonds. The summed E-state index contributed by atoms with van der Waals surface area (Å²) >= 11 is 1.49. The van der Waals surface area contributed by atoms with E-state index in [1.165, 1.54) is 18.4 Å². The van der Waals surface area contributed by atoms with Crippen LogP contribution in [0.15, 0.2) is 48.5 Å². The molecule has 0 unspecified atom stereocenters. The molecule has 0 fully saturated rings. The zero-order valence-corrected chi connectivity index (χ0v) is 17.5. The Morgan fingerprint density at radius 1 is 1.00 bits per heavy atom. The molecule has 0 aliphatic heterocycles. The topological polar surface area (TPSA) is 62.7 Å². The number of rotatable bonds is 6. The highest BCUT2D eigenvalue weighted by Gasteiger charge is 2.21. The molecule has 0 N–H and O–H groups in total. The van der Waals surface area contributed by atoms with E-state index >= 15 is 0 Å². The van der Waals surface area contributed by atoms with Crippen LogP contribution in [0.2, 0.25) is 0 Å². The lowest BCUT2D eigenvalue weighted by molar-refractivity contribution is 0.0600. The maximum Gasteiger partial charge on any atom is 0.337 e. The number of esters is 1. The molecule has 0 saturated carbocycles. The average molecular weight is 420 g/mol. The predicted octanol–water partition coefficient (Wildman–Crippen LogP) is 3.71. The Kier molecular flexibility index (Phi) is 7.51. The minimum Gasteiger partial charge on any atom is -0.465 e. The number of nitrogens with zero attached hydrogens (tertiary/aromatic N) is 3. The Morgan fingerprint density at radius 2 is 1.64 bits per heavy atom. The van der Waals surface area contributed by atoms with E-state index in [4.69, 9.17) is 4.74 Å². The molecule has 2 aromatic carbocycles. The third-order valence-corrected chi connectivity index (χ3v) is 5.14. The van der Waals surface area contributed by atoms with Gasteiger partial charge in [-0.25, -0.2) is 9.78 Å². The van der Waals surface area contributed by atoms with Crippen molar-refractivity contribution in [3.63, 3.8) is 0 Å². The summed E-state index contributed by atoms with van der Waals surface area (Å²) in [5, 5.41) is 0.667. The third kappa shape index (κ3) is 4.86. The Balaban J connectivity index is 0.00000280. The fraction of sp³-hybridized carbons (Fsp3) is 0.250. The number of para-hydroxylation sites is 1. The largest absolute Gasteiger partial charge is 0.465 e. The predicted molar refractivity (Wildman–Crippen MR) is 115 cm³/mol. The number of methoxy groups -OCH3 is 1. The molecular formula is C20H22ClN3O3S. The van der Waals surface area contributed by atoms with E-state index in [1.807, 2.05) is 43.3 Å². The first-order chi connectivity index (χ1) is 13.0. The summed E-state index contributed by atoms with van der Waals surface area (Å²) < 4.78 is 5.74. The van der Waals surface area contributed by atoms with Gasteiger partial charge in [-0.05, 0) is 50.5 Å². The van der Waals surface area contributed by atoms with Crippen LogP contribution in [-0.4, -0.2) is 56.1 Å². The van der Waals surface area contributed by atoms with E-state index in [2.05, 4.69) is 4.98 Å². The molecule has 0 saturated heterocycles. The van der Waals surface area contributed by atoms with Gasteiger partial charge in [0.05, 0.1) is 22.9 Å². The molecule has 0 aliphatic carbocycles. The van der Waals surface area contributed by atoms with Gasteiger partial charge in [-0.2, -0.15) is 0 Å². The van der Waals surface area contributed by atoms with Gasteiger partial charge in [0, 0.05) is 18.7 Å². The maximum absolute atomic E-state index is 13.1. The molecule has 28 heavy (non-hydrogen) atoms. The summed E-state index contributed by atoms with van der Waals surface area (Å²) in [6.45, 7) is 1.23. The normalized spacial score (nSPS) is 10.6. The molecule has 6 nitrogen and oxygen atoms in total. The van der Waals surface area contributed by atoms with Gasteiger partial charge in [0.15, 0.2) is 5.13 Å². The van der Waals surface area contributed by atoms with Crippen molar-refractivity contribution < 1.29 is 14.3 Å². The number of benzene rings is 2. The zero-order valence-electron chi connectivity index (χ0n) is 15.9. The zero-order chi connectivity index (χ0) is 19.4. The van der Waals surface area contributed by atoms with Crippen LogP contribution in [0, 0.1) is 0 Å². The molecule has 0 spiro atoms. The van der Waals surface area contributed by atoms with Crippen LogP contribution >= 0.6 is 23.7 Å². The molecule has 1 heterocycles. The maximum atomic E-state index is 13.1. The van der Waals surface area contributed by atoms with Crippen LogP contribution < -0.4 is 4.90 Å². The lowest BCUT2D eigenvalue weighted by Crippen LogP contribution is -2.36. The Morgan fingerprint density at radius 3 is 2.25 bits per heavy atom. The van der Waals surface area contributed by atoms with Gasteiger partial charge in [-0.3, -0.25) is 9.69 Å². The summed E-state index contributed by atoms with van der Waals surface area (Å²) in [5.74, 6) is -0.572. The van der Waals surface area contributed by atoms with Crippen molar-refractivity contribution in [2.24, 2.45) is 0 Å². The van der Waals surface area contributed by atoms with Gasteiger partial charge in [-0.15, -0.1) is 12.4 Å². The summed E-state index contributed by atoms with van der Waals surface area (Å²) in [6, 6.07) is 14.3. The van der Waals surface area contributed by atoms with Gasteiger partial charge in [-0.1, -0.05) is 23.5 Å². The second kappa shape index (κ2) is 9.64. The van der Waals surface area contributed by atoms with Crippen LogP contribution in [-0.2, 0) is 4.74 Å². The highest BCUT2D eigenvalue weighted by atomic mass is 35.5. The van der Waals surface area contributed by atoms with Crippen molar-refractivity contribution >= 4 is 51.0 Å². The highest BCUT2D eigenvalue weighted by Crippen LogP contribution is 2.29. The Hall–Kier alpha value is -2.48. The third-order valence-electron chi connectivity index (χ3n) is 4.08. The number of halogens is 1. The lowest BCUT2D eigenvalue weighted by atomic mass is 10.1. The number of anilines is 1. The van der Waals surface area contributed by atoms with E-state index in [-0.39, 0.29) is 18.3 Å². The van der Waals surface area contributed by atoms with Crippen molar-refractivity contribution in [3.05, 3.63) is 59.7 Å². The molecule has 3 aromatic rings. The second-order valence-corrected chi connectivity index (χ2v) is 7.30. The first kappa shape index (κ1) is 21.8. The van der Waals surface area contributed by atoms with E-state index in [0.717, 1.165) is 10.2 Å². The fourth-order valence-corrected chi connectivity index (χ4v) is 3.57. The molecule has 148 valence electrons. The summed E-state index contributed by atoms with van der Waals surface area (Å²) in [6.07, 6.45) is 0. The smallest absolute Gasteiger partial charge is 0.337 e. The Labute approximate surface area is 174 Å². The number of thiazole rings is 1. The summed E-state index contributed by atoms with van der Waals surface area (Å²) in [5.41, 5.74) is 1.79. The van der Waals surface area contributed by atoms with Crippen molar-refractivity contribution in [3.8, 4) is 0 Å². The van der Waals surface area contributed by atoms with Gasteiger partial charge >= 0.3 is 5.97 Å². The van der Waals surface area contributed by atoms with Gasteiger partial charge in [0.1, 0.15) is 0 Å². The number of hydrogen-bond acceptors (Lipinski definition) is 6. The Bertz CT molecular complexity index is 924. The summed E-state index contributed by atoms with van der Waals surface area (Å²) in [7, 11) is 5.26. The first-order valence-corrected chi connectivity index (χ1v) is 9.32. The molecule has 0 aliphatic rings. The number of amides is 1. The van der Waals surface area contributed by atoms with Gasteiger partial charge in [0.25, 0.3) is 5.91 Å². The average Bonchev–Trinajstić information content (AvgIpc) is 3.11. The number of ether oxygens (including phenoxy) is 1. The minimum absolute atomic E-state index is 0. The number of hydrogen-bond donors (Lipinski definition) is 0. The van der Waals surface area contributed by atoms with Crippen LogP contribution in [0.3, 0.4) is 0 Å². The minimum atomic E-state index is -0.426. The molecule has 3 rings (SSSR count). The molecule has 0 bridgehead atoms. The van der Waals surface area contributed by atoms with E-state index in [9.17, 15) is 9.59 Å². The summed E-state index contributed by atoms with van der Waals surface area (Å²) in [4.78, 5) is 33.1. The number of carbonyl (C=O) groups is 2. The number of likely N-dealkylation sites (N-methyl/N-ethyl adjacent to an activating group) is 1. The highest BCUT2D eigenvalue weighted by molar-refractivity contribution is 7.22. The molecule has 8 heteroatoms. The number of aromatic nitrogens is 1. The fourth-order valence-electron chi connectivity index (χ4n) is 2.58. The van der Waals surface area contributed by atoms with E-state index < -0.39 is 5.97 Å². The quantitative estimate of drug-likeness (QED) is 0.570. The van der Waals surface area contributed by atoms with Gasteiger partial charge < -0.3 is 9.64 Å². The molecule has 0 atom stereocenters. The lowest BCUT2D eigenvalue weighted by Gasteiger charge is -2.22. The second-order valence-electron chi connectivity index (χ2n) is 6.29. The number of fused-ring (bicyclic) bond motifs is 1.